The number of ether oxygens (including phenoxy) is 2. The van der Waals surface area contributed by atoms with Crippen molar-refractivity contribution in [3.8, 4) is 16.3 Å². The third kappa shape index (κ3) is 7.60. The zero-order valence-corrected chi connectivity index (χ0v) is 29.0. The highest BCUT2D eigenvalue weighted by atomic mass is 32.1. The summed E-state index contributed by atoms with van der Waals surface area (Å²) in [5.74, 6) is -1.65. The van der Waals surface area contributed by atoms with Crippen molar-refractivity contribution < 1.29 is 42.9 Å². The van der Waals surface area contributed by atoms with E-state index < -0.39 is 42.5 Å². The van der Waals surface area contributed by atoms with Crippen LogP contribution in [0.25, 0.3) is 10.4 Å². The van der Waals surface area contributed by atoms with E-state index in [-0.39, 0.29) is 52.5 Å². The minimum absolute atomic E-state index is 0.0154. The Morgan fingerprint density at radius 3 is 2.32 bits per heavy atom. The summed E-state index contributed by atoms with van der Waals surface area (Å²) in [4.78, 5) is 38.0. The number of benzene rings is 1. The first-order valence-electron chi connectivity index (χ1n) is 15.4. The quantitative estimate of drug-likeness (QED) is 0.182. The van der Waals surface area contributed by atoms with Crippen LogP contribution < -0.4 is 19.9 Å². The SMILES string of the molecule is CCC(=O)N(Cc1c(-c2ccc(NC(=O)OC(C)(C)C)nc2)sc2c1C(O)N(c1ccc(OC)nn1)C(O)N2Cc1c(F)cccc1F)OC. The third-order valence-corrected chi connectivity index (χ3v) is 8.92. The molecular weight excluding hydrogens is 676 g/mol. The molecule has 0 saturated carbocycles. The number of anilines is 3. The van der Waals surface area contributed by atoms with Crippen LogP contribution in [0, 0.1) is 11.6 Å². The first-order valence-corrected chi connectivity index (χ1v) is 16.3. The minimum atomic E-state index is -1.70. The molecular formula is C33H37F2N7O7S. The van der Waals surface area contributed by atoms with Crippen LogP contribution in [0.4, 0.5) is 30.2 Å². The van der Waals surface area contributed by atoms with E-state index in [1.165, 1.54) is 43.5 Å². The largest absolute Gasteiger partial charge is 0.480 e. The molecule has 2 unspecified atom stereocenters. The van der Waals surface area contributed by atoms with Crippen molar-refractivity contribution in [2.75, 3.05) is 29.3 Å². The van der Waals surface area contributed by atoms with Gasteiger partial charge in [0.05, 0.1) is 27.3 Å². The summed E-state index contributed by atoms with van der Waals surface area (Å²) in [6.07, 6.45) is -2.42. The van der Waals surface area contributed by atoms with Crippen LogP contribution in [-0.2, 0) is 27.5 Å². The molecule has 17 heteroatoms. The average molecular weight is 714 g/mol. The summed E-state index contributed by atoms with van der Waals surface area (Å²) in [5.41, 5.74) is 0.0557. The summed E-state index contributed by atoms with van der Waals surface area (Å²) in [6, 6.07) is 9.58. The van der Waals surface area contributed by atoms with E-state index in [0.717, 1.165) is 33.4 Å². The molecule has 1 aromatic carbocycles. The molecule has 0 bridgehead atoms. The highest BCUT2D eigenvalue weighted by Gasteiger charge is 2.43. The smallest absolute Gasteiger partial charge is 0.413 e. The number of aliphatic hydroxyl groups is 2. The maximum atomic E-state index is 15.1. The number of pyridine rings is 1. The lowest BCUT2D eigenvalue weighted by Gasteiger charge is -2.44. The number of rotatable bonds is 10. The standard InChI is InChI=1S/C33H37F2N7O7S/c1-7-26(43)41(48-6)17-20-27-29(44)42(24-13-14-25(47-5)39-38-24)32(46)40(16-19-21(34)9-8-10-22(19)35)30(27)50-28(20)18-11-12-23(36-15-18)37-31(45)49-33(2,3)4/h8-15,29,32,44,46H,7,16-17H2,1-6H3,(H,36,37,45). The molecule has 0 radical (unpaired) electrons. The maximum absolute atomic E-state index is 15.1. The highest BCUT2D eigenvalue weighted by molar-refractivity contribution is 7.20. The number of aliphatic hydroxyl groups excluding tert-OH is 2. The molecule has 2 amide bonds. The zero-order chi connectivity index (χ0) is 36.3. The van der Waals surface area contributed by atoms with Crippen LogP contribution in [0.5, 0.6) is 5.88 Å². The van der Waals surface area contributed by atoms with Gasteiger partial charge < -0.3 is 24.6 Å². The van der Waals surface area contributed by atoms with Gasteiger partial charge in [-0.1, -0.05) is 13.0 Å². The molecule has 0 aliphatic carbocycles. The normalized spacial score (nSPS) is 15.8. The number of hydroxylamine groups is 2. The van der Waals surface area contributed by atoms with E-state index in [1.807, 2.05) is 0 Å². The van der Waals surface area contributed by atoms with E-state index in [1.54, 1.807) is 39.8 Å². The van der Waals surface area contributed by atoms with Crippen molar-refractivity contribution in [1.82, 2.24) is 20.2 Å². The first kappa shape index (κ1) is 36.3. The summed E-state index contributed by atoms with van der Waals surface area (Å²) in [5, 5.41) is 35.8. The number of carbonyl (C=O) groups is 2. The van der Waals surface area contributed by atoms with E-state index >= 15 is 8.78 Å². The second kappa shape index (κ2) is 14.9. The van der Waals surface area contributed by atoms with Crippen molar-refractivity contribution in [3.63, 3.8) is 0 Å². The van der Waals surface area contributed by atoms with Gasteiger partial charge in [0.25, 0.3) is 0 Å². The third-order valence-electron chi connectivity index (χ3n) is 7.59. The first-order chi connectivity index (χ1) is 23.8. The number of carbonyl (C=O) groups excluding carboxylic acids is 2. The van der Waals surface area contributed by atoms with Gasteiger partial charge in [-0.15, -0.1) is 21.5 Å². The summed E-state index contributed by atoms with van der Waals surface area (Å²) < 4.78 is 40.5. The molecule has 0 fully saturated rings. The predicted octanol–water partition coefficient (Wildman–Crippen LogP) is 5.33. The molecule has 0 saturated heterocycles. The Labute approximate surface area is 290 Å². The average Bonchev–Trinajstić information content (AvgIpc) is 3.45. The molecule has 3 aromatic heterocycles. The molecule has 5 rings (SSSR count). The number of nitrogens with one attached hydrogen (secondary N) is 1. The number of hydrogen-bond acceptors (Lipinski definition) is 13. The molecule has 14 nitrogen and oxygen atoms in total. The van der Waals surface area contributed by atoms with Gasteiger partial charge in [0.1, 0.15) is 28.1 Å². The predicted molar refractivity (Wildman–Crippen MR) is 180 cm³/mol. The lowest BCUT2D eigenvalue weighted by atomic mass is 10.0. The van der Waals surface area contributed by atoms with Gasteiger partial charge >= 0.3 is 6.09 Å². The van der Waals surface area contributed by atoms with Gasteiger partial charge in [-0.25, -0.2) is 23.6 Å². The van der Waals surface area contributed by atoms with Crippen LogP contribution >= 0.6 is 11.3 Å². The van der Waals surface area contributed by atoms with Gasteiger partial charge in [-0.3, -0.25) is 19.8 Å². The molecule has 4 aromatic rings. The number of amides is 2. The Balaban J connectivity index is 1.68. The fourth-order valence-electron chi connectivity index (χ4n) is 5.25. The molecule has 4 heterocycles. The van der Waals surface area contributed by atoms with E-state index in [9.17, 15) is 19.8 Å². The van der Waals surface area contributed by atoms with E-state index in [2.05, 4.69) is 20.5 Å². The molecule has 1 aliphatic heterocycles. The molecule has 2 atom stereocenters. The van der Waals surface area contributed by atoms with Crippen molar-refractivity contribution in [1.29, 1.82) is 0 Å². The Morgan fingerprint density at radius 1 is 1.04 bits per heavy atom. The van der Waals surface area contributed by atoms with Crippen LogP contribution in [0.2, 0.25) is 0 Å². The Bertz CT molecular complexity index is 1820. The van der Waals surface area contributed by atoms with Crippen molar-refractivity contribution in [2.24, 2.45) is 0 Å². The van der Waals surface area contributed by atoms with E-state index in [0.29, 0.717) is 16.0 Å². The zero-order valence-electron chi connectivity index (χ0n) is 28.2. The maximum Gasteiger partial charge on any atom is 0.413 e. The van der Waals surface area contributed by atoms with Crippen LogP contribution in [0.15, 0.2) is 48.7 Å². The van der Waals surface area contributed by atoms with Gasteiger partial charge in [0.15, 0.2) is 12.0 Å². The van der Waals surface area contributed by atoms with Crippen LogP contribution in [0.1, 0.15) is 57.0 Å². The molecule has 266 valence electrons. The topological polar surface area (TPSA) is 163 Å². The van der Waals surface area contributed by atoms with Crippen molar-refractivity contribution in [3.05, 3.63) is 77.0 Å². The Hall–Kier alpha value is -4.97. The van der Waals surface area contributed by atoms with Crippen LogP contribution in [-0.4, -0.2) is 68.6 Å². The fraction of sp³-hybridized carbons (Fsp3) is 0.364. The van der Waals surface area contributed by atoms with Crippen molar-refractivity contribution in [2.45, 2.75) is 65.4 Å². The number of fused-ring (bicyclic) bond motifs is 1. The number of aromatic nitrogens is 3. The Kier molecular flexibility index (Phi) is 10.8. The lowest BCUT2D eigenvalue weighted by Crippen LogP contribution is -2.54. The Morgan fingerprint density at radius 2 is 1.76 bits per heavy atom. The number of thiophene rings is 1. The number of methoxy groups -OCH3 is 1. The summed E-state index contributed by atoms with van der Waals surface area (Å²) >= 11 is 1.10. The molecule has 3 N–H and O–H groups in total. The highest BCUT2D eigenvalue weighted by Crippen LogP contribution is 2.51. The summed E-state index contributed by atoms with van der Waals surface area (Å²) in [7, 11) is 2.73. The van der Waals surface area contributed by atoms with Gasteiger partial charge in [-0.05, 0) is 51.1 Å². The number of halogens is 2. The molecule has 50 heavy (non-hydrogen) atoms. The second-order valence-corrected chi connectivity index (χ2v) is 13.0. The molecule has 1 aliphatic rings. The molecule has 0 spiro atoms. The van der Waals surface area contributed by atoms with Crippen LogP contribution in [0.3, 0.4) is 0 Å². The second-order valence-electron chi connectivity index (χ2n) is 12.0. The van der Waals surface area contributed by atoms with Gasteiger partial charge in [-0.2, -0.15) is 0 Å². The fourth-order valence-corrected chi connectivity index (χ4v) is 6.59. The van der Waals surface area contributed by atoms with Gasteiger partial charge in [0, 0.05) is 45.8 Å². The summed E-state index contributed by atoms with van der Waals surface area (Å²) in [6.45, 7) is 6.23. The van der Waals surface area contributed by atoms with E-state index in [4.69, 9.17) is 14.3 Å². The number of nitrogens with zero attached hydrogens (tertiary/aromatic N) is 6. The number of hydrogen-bond donors (Lipinski definition) is 3. The monoisotopic (exact) mass is 713 g/mol. The lowest BCUT2D eigenvalue weighted by molar-refractivity contribution is -0.179. The van der Waals surface area contributed by atoms with Crippen molar-refractivity contribution >= 4 is 40.0 Å². The van der Waals surface area contributed by atoms with Gasteiger partial charge in [0.2, 0.25) is 18.1 Å². The minimum Gasteiger partial charge on any atom is -0.480 e.